The van der Waals surface area contributed by atoms with Gasteiger partial charge in [-0.15, -0.1) is 0 Å². The van der Waals surface area contributed by atoms with Crippen LogP contribution in [0.1, 0.15) is 0 Å². The van der Waals surface area contributed by atoms with Crippen LogP contribution in [-0.2, 0) is 0 Å². The lowest BCUT2D eigenvalue weighted by atomic mass is 9.84. The highest BCUT2D eigenvalue weighted by atomic mass is 16.3. The van der Waals surface area contributed by atoms with Crippen LogP contribution in [0.25, 0.3) is 110 Å². The Morgan fingerprint density at radius 3 is 1.40 bits per heavy atom. The van der Waals surface area contributed by atoms with Crippen molar-refractivity contribution >= 4 is 54.3 Å². The highest BCUT2D eigenvalue weighted by Crippen LogP contribution is 2.49. The third kappa shape index (κ3) is 5.16. The predicted molar refractivity (Wildman–Crippen MR) is 233 cm³/mol. The maximum atomic E-state index is 6.95. The summed E-state index contributed by atoms with van der Waals surface area (Å²) in [5, 5.41) is 9.65. The van der Waals surface area contributed by atoms with Crippen LogP contribution in [0.5, 0.6) is 0 Å². The fourth-order valence-corrected chi connectivity index (χ4v) is 8.72. The van der Waals surface area contributed by atoms with Gasteiger partial charge in [-0.2, -0.15) is 0 Å². The molecule has 0 unspecified atom stereocenters. The molecule has 0 saturated carbocycles. The predicted octanol–water partition coefficient (Wildman–Crippen LogP) is 15.4. The lowest BCUT2D eigenvalue weighted by Crippen LogP contribution is -1.92. The molecule has 0 spiro atoms. The normalized spacial score (nSPS) is 11.6. The summed E-state index contributed by atoms with van der Waals surface area (Å²) in [5.74, 6) is 0. The van der Waals surface area contributed by atoms with E-state index in [1.54, 1.807) is 0 Å². The van der Waals surface area contributed by atoms with E-state index in [0.29, 0.717) is 0 Å². The number of rotatable bonds is 5. The monoisotopic (exact) mass is 698 g/mol. The third-order valence-corrected chi connectivity index (χ3v) is 11.2. The van der Waals surface area contributed by atoms with Crippen LogP contribution in [0.3, 0.4) is 0 Å². The zero-order valence-corrected chi connectivity index (χ0v) is 30.0. The average Bonchev–Trinajstić information content (AvgIpc) is 3.66. The molecule has 1 heteroatoms. The minimum atomic E-state index is 0.884. The van der Waals surface area contributed by atoms with Gasteiger partial charge in [0.2, 0.25) is 0 Å². The van der Waals surface area contributed by atoms with E-state index in [1.165, 1.54) is 76.8 Å². The Morgan fingerprint density at radius 1 is 0.273 bits per heavy atom. The van der Waals surface area contributed by atoms with Crippen molar-refractivity contribution in [2.75, 3.05) is 0 Å². The molecule has 0 aliphatic carbocycles. The lowest BCUT2D eigenvalue weighted by Gasteiger charge is -2.19. The summed E-state index contributed by atoms with van der Waals surface area (Å²) in [6.45, 7) is 0. The van der Waals surface area contributed by atoms with Crippen LogP contribution >= 0.6 is 0 Å². The molecule has 0 atom stereocenters. The standard InChI is InChI=1S/C54H34O/c1-3-15-35(16-4-1)40-32-41(36-17-5-2-6-18-36)34-42(33-40)43-29-30-49(53-48-25-13-14-26-50(48)55-54(43)53)52-46-23-11-9-21-44(46)51(45-22-10-12-24-47(45)52)39-28-27-37-19-7-8-20-38(37)31-39/h1-34H. The van der Waals surface area contributed by atoms with Gasteiger partial charge in [-0.3, -0.25) is 0 Å². The Hall–Kier alpha value is -7.22. The lowest BCUT2D eigenvalue weighted by molar-refractivity contribution is 0.670. The topological polar surface area (TPSA) is 13.1 Å². The molecule has 1 nitrogen and oxygen atoms in total. The maximum absolute atomic E-state index is 6.95. The second-order valence-corrected chi connectivity index (χ2v) is 14.4. The molecule has 0 fully saturated rings. The van der Waals surface area contributed by atoms with Crippen LogP contribution in [-0.4, -0.2) is 0 Å². The molecular formula is C54H34O. The molecule has 11 rings (SSSR count). The number of hydrogen-bond donors (Lipinski definition) is 0. The quantitative estimate of drug-likeness (QED) is 0.163. The molecule has 0 saturated heterocycles. The van der Waals surface area contributed by atoms with Gasteiger partial charge in [-0.1, -0.05) is 170 Å². The van der Waals surface area contributed by atoms with E-state index in [1.807, 2.05) is 0 Å². The Bertz CT molecular complexity index is 3130. The first-order valence-electron chi connectivity index (χ1n) is 18.9. The summed E-state index contributed by atoms with van der Waals surface area (Å²) >= 11 is 0. The average molecular weight is 699 g/mol. The van der Waals surface area contributed by atoms with Crippen LogP contribution < -0.4 is 0 Å². The zero-order chi connectivity index (χ0) is 36.3. The van der Waals surface area contributed by atoms with Crippen molar-refractivity contribution in [1.82, 2.24) is 0 Å². The Labute approximate surface area is 319 Å². The fourth-order valence-electron chi connectivity index (χ4n) is 8.72. The van der Waals surface area contributed by atoms with Crippen molar-refractivity contribution < 1.29 is 4.42 Å². The van der Waals surface area contributed by atoms with E-state index in [-0.39, 0.29) is 0 Å². The highest BCUT2D eigenvalue weighted by Gasteiger charge is 2.23. The summed E-state index contributed by atoms with van der Waals surface area (Å²) in [4.78, 5) is 0. The number of fused-ring (bicyclic) bond motifs is 6. The molecule has 0 amide bonds. The molecule has 10 aromatic carbocycles. The van der Waals surface area contributed by atoms with Crippen molar-refractivity contribution in [2.24, 2.45) is 0 Å². The molecule has 1 heterocycles. The molecule has 0 N–H and O–H groups in total. The first-order valence-corrected chi connectivity index (χ1v) is 18.9. The summed E-state index contributed by atoms with van der Waals surface area (Å²) < 4.78 is 6.95. The van der Waals surface area contributed by atoms with Crippen molar-refractivity contribution in [3.8, 4) is 55.6 Å². The molecule has 0 aliphatic heterocycles. The van der Waals surface area contributed by atoms with Crippen molar-refractivity contribution in [3.63, 3.8) is 0 Å². The Balaban J connectivity index is 1.21. The molecule has 11 aromatic rings. The fraction of sp³-hybridized carbons (Fsp3) is 0. The van der Waals surface area contributed by atoms with Gasteiger partial charge >= 0.3 is 0 Å². The van der Waals surface area contributed by atoms with Gasteiger partial charge in [-0.05, 0) is 119 Å². The smallest absolute Gasteiger partial charge is 0.143 e. The van der Waals surface area contributed by atoms with Crippen LogP contribution in [0.2, 0.25) is 0 Å². The van der Waals surface area contributed by atoms with E-state index in [4.69, 9.17) is 4.42 Å². The summed E-state index contributed by atoms with van der Waals surface area (Å²) in [6.07, 6.45) is 0. The number of para-hydroxylation sites is 1. The van der Waals surface area contributed by atoms with Crippen molar-refractivity contribution in [1.29, 1.82) is 0 Å². The Kier molecular flexibility index (Phi) is 7.25. The van der Waals surface area contributed by atoms with E-state index in [2.05, 4.69) is 206 Å². The first kappa shape index (κ1) is 31.3. The van der Waals surface area contributed by atoms with Gasteiger partial charge in [0.1, 0.15) is 11.2 Å². The molecule has 1 aromatic heterocycles. The molecule has 256 valence electrons. The van der Waals surface area contributed by atoms with Gasteiger partial charge in [-0.25, -0.2) is 0 Å². The van der Waals surface area contributed by atoms with E-state index in [0.717, 1.165) is 33.1 Å². The zero-order valence-electron chi connectivity index (χ0n) is 30.0. The SMILES string of the molecule is c1ccc(-c2cc(-c3ccccc3)cc(-c3ccc(-c4c5ccccc5c(-c5ccc6ccccc6c5)c5ccccc45)c4c3oc3ccccc34)c2)cc1. The Morgan fingerprint density at radius 2 is 0.764 bits per heavy atom. The van der Waals surface area contributed by atoms with Crippen molar-refractivity contribution in [2.45, 2.75) is 0 Å². The number of furan rings is 1. The molecule has 0 aliphatic rings. The number of hydrogen-bond acceptors (Lipinski definition) is 1. The second-order valence-electron chi connectivity index (χ2n) is 14.4. The summed E-state index contributed by atoms with van der Waals surface area (Å²) in [7, 11) is 0. The van der Waals surface area contributed by atoms with Gasteiger partial charge < -0.3 is 4.42 Å². The number of benzene rings is 10. The minimum Gasteiger partial charge on any atom is -0.455 e. The van der Waals surface area contributed by atoms with Crippen LogP contribution in [0, 0.1) is 0 Å². The first-order chi connectivity index (χ1) is 27.3. The van der Waals surface area contributed by atoms with E-state index in [9.17, 15) is 0 Å². The van der Waals surface area contributed by atoms with Gasteiger partial charge in [0.05, 0.1) is 0 Å². The largest absolute Gasteiger partial charge is 0.455 e. The maximum Gasteiger partial charge on any atom is 0.143 e. The van der Waals surface area contributed by atoms with Crippen LogP contribution in [0.15, 0.2) is 211 Å². The van der Waals surface area contributed by atoms with Crippen molar-refractivity contribution in [3.05, 3.63) is 206 Å². The highest BCUT2D eigenvalue weighted by molar-refractivity contribution is 6.26. The summed E-state index contributed by atoms with van der Waals surface area (Å²) in [5.41, 5.74) is 13.6. The molecule has 0 bridgehead atoms. The van der Waals surface area contributed by atoms with Gasteiger partial charge in [0, 0.05) is 16.3 Å². The van der Waals surface area contributed by atoms with Gasteiger partial charge in [0.15, 0.2) is 0 Å². The van der Waals surface area contributed by atoms with E-state index < -0.39 is 0 Å². The second kappa shape index (κ2) is 12.7. The molecular weight excluding hydrogens is 665 g/mol. The van der Waals surface area contributed by atoms with Crippen LogP contribution in [0.4, 0.5) is 0 Å². The molecule has 55 heavy (non-hydrogen) atoms. The van der Waals surface area contributed by atoms with E-state index >= 15 is 0 Å². The third-order valence-electron chi connectivity index (χ3n) is 11.2. The minimum absolute atomic E-state index is 0.884. The summed E-state index contributed by atoms with van der Waals surface area (Å²) in [6, 6.07) is 74.7. The molecule has 0 radical (unpaired) electrons. The van der Waals surface area contributed by atoms with Gasteiger partial charge in [0.25, 0.3) is 0 Å².